The summed E-state index contributed by atoms with van der Waals surface area (Å²) < 4.78 is 10.8. The fourth-order valence-electron chi connectivity index (χ4n) is 2.67. The minimum absolute atomic E-state index is 0.0540. The van der Waals surface area contributed by atoms with Gasteiger partial charge in [-0.15, -0.1) is 0 Å². The monoisotopic (exact) mass is 282 g/mol. The average molecular weight is 282 g/mol. The average Bonchev–Trinajstić information content (AvgIpc) is 1.90. The Hall–Kier alpha value is 0.584. The Morgan fingerprint density at radius 2 is 1.38 bits per heavy atom. The third-order valence-electron chi connectivity index (χ3n) is 3.03. The highest BCUT2D eigenvalue weighted by atomic mass is 31.2. The largest absolute Gasteiger partial charge is 0.325 e. The fraction of sp³-hybridized carbons (Fsp3) is 1.00. The third-order valence-corrected chi connectivity index (χ3v) is 13.9. The van der Waals surface area contributed by atoms with E-state index in [0.717, 1.165) is 11.6 Å². The van der Waals surface area contributed by atoms with Crippen LogP contribution < -0.4 is 0 Å². The van der Waals surface area contributed by atoms with Crippen LogP contribution in [0.4, 0.5) is 0 Å². The molecule has 0 bridgehead atoms. The lowest BCUT2D eigenvalue weighted by Gasteiger charge is -2.38. The van der Waals surface area contributed by atoms with Crippen LogP contribution in [0.2, 0.25) is 44.4 Å². The molecule has 0 aromatic rings. The van der Waals surface area contributed by atoms with E-state index in [-0.39, 0.29) is 6.16 Å². The molecule has 0 unspecified atom stereocenters. The smallest absolute Gasteiger partial charge is 0.324 e. The highest BCUT2D eigenvalue weighted by molar-refractivity contribution is 7.51. The molecule has 0 spiro atoms. The van der Waals surface area contributed by atoms with Gasteiger partial charge in [0, 0.05) is 22.3 Å². The summed E-state index contributed by atoms with van der Waals surface area (Å²) in [5.74, 6) is 0. The summed E-state index contributed by atoms with van der Waals surface area (Å²) in [4.78, 5) is 17.7. The summed E-state index contributed by atoms with van der Waals surface area (Å²) in [5.41, 5.74) is 0. The molecular formula is C10H27O3PSi2. The van der Waals surface area contributed by atoms with E-state index in [2.05, 4.69) is 39.3 Å². The van der Waals surface area contributed by atoms with Gasteiger partial charge in [0.2, 0.25) is 0 Å². The second-order valence-corrected chi connectivity index (χ2v) is 20.0. The van der Waals surface area contributed by atoms with E-state index < -0.39 is 23.7 Å². The molecular weight excluding hydrogens is 255 g/mol. The van der Waals surface area contributed by atoms with Gasteiger partial charge in [-0.3, -0.25) is 4.57 Å². The zero-order valence-corrected chi connectivity index (χ0v) is 14.3. The molecule has 0 saturated heterocycles. The molecule has 3 nitrogen and oxygen atoms in total. The van der Waals surface area contributed by atoms with Crippen LogP contribution in [0.25, 0.3) is 0 Å². The van der Waals surface area contributed by atoms with Crippen LogP contribution in [-0.2, 0) is 4.57 Å². The van der Waals surface area contributed by atoms with Gasteiger partial charge in [-0.2, -0.15) is 0 Å². The van der Waals surface area contributed by atoms with Gasteiger partial charge in [-0.1, -0.05) is 50.9 Å². The summed E-state index contributed by atoms with van der Waals surface area (Å²) in [5, 5.41) is 0.742. The molecule has 0 radical (unpaired) electrons. The van der Waals surface area contributed by atoms with Crippen LogP contribution in [0.5, 0.6) is 0 Å². The first-order valence-electron chi connectivity index (χ1n) is 5.88. The molecule has 0 fully saturated rings. The van der Waals surface area contributed by atoms with Crippen molar-refractivity contribution >= 4 is 23.7 Å². The van der Waals surface area contributed by atoms with Crippen molar-refractivity contribution in [1.29, 1.82) is 0 Å². The lowest BCUT2D eigenvalue weighted by Crippen LogP contribution is -2.43. The molecule has 98 valence electrons. The number of rotatable bonds is 6. The molecule has 0 aliphatic carbocycles. The number of hydrogen-bond acceptors (Lipinski definition) is 1. The van der Waals surface area contributed by atoms with E-state index in [0.29, 0.717) is 6.42 Å². The van der Waals surface area contributed by atoms with Gasteiger partial charge in [0.05, 0.1) is 0 Å². The first kappa shape index (κ1) is 16.6. The van der Waals surface area contributed by atoms with Crippen LogP contribution in [0, 0.1) is 0 Å². The second kappa shape index (κ2) is 5.48. The Morgan fingerprint density at radius 3 is 1.62 bits per heavy atom. The van der Waals surface area contributed by atoms with Crippen molar-refractivity contribution in [3.8, 4) is 0 Å². The Balaban J connectivity index is 4.43. The van der Waals surface area contributed by atoms with Gasteiger partial charge < -0.3 is 9.79 Å². The lowest BCUT2D eigenvalue weighted by atomic mass is 10.4. The minimum Gasteiger partial charge on any atom is -0.324 e. The standard InChI is InChI=1S/C10H27O3PSi2/c1-15(2,3)10(16(4,5)6)8-7-9-14(11,12)13/h10H,7-9H2,1-6H3,(H2,11,12,13). The van der Waals surface area contributed by atoms with Crippen molar-refractivity contribution in [2.75, 3.05) is 6.16 Å². The quantitative estimate of drug-likeness (QED) is 0.579. The molecule has 0 aromatic heterocycles. The summed E-state index contributed by atoms with van der Waals surface area (Å²) in [6, 6.07) is 0. The Kier molecular flexibility index (Phi) is 5.68. The Morgan fingerprint density at radius 1 is 1.00 bits per heavy atom. The van der Waals surface area contributed by atoms with Crippen LogP contribution in [-0.4, -0.2) is 32.1 Å². The Bertz CT molecular complexity index is 248. The normalized spacial score (nSPS) is 14.6. The van der Waals surface area contributed by atoms with E-state index in [1.165, 1.54) is 0 Å². The predicted octanol–water partition coefficient (Wildman–Crippen LogP) is 3.53. The van der Waals surface area contributed by atoms with Gasteiger partial charge in [0.1, 0.15) is 0 Å². The third kappa shape index (κ3) is 7.02. The fourth-order valence-corrected chi connectivity index (χ4v) is 15.8. The first-order chi connectivity index (χ1) is 6.84. The highest BCUT2D eigenvalue weighted by Crippen LogP contribution is 2.40. The highest BCUT2D eigenvalue weighted by Gasteiger charge is 2.37. The molecule has 0 rings (SSSR count). The summed E-state index contributed by atoms with van der Waals surface area (Å²) in [7, 11) is -6.21. The van der Waals surface area contributed by atoms with Crippen molar-refractivity contribution in [1.82, 2.24) is 0 Å². The van der Waals surface area contributed by atoms with Gasteiger partial charge in [-0.25, -0.2) is 0 Å². The van der Waals surface area contributed by atoms with E-state index in [1.807, 2.05) is 0 Å². The molecule has 6 heteroatoms. The van der Waals surface area contributed by atoms with Crippen LogP contribution in [0.15, 0.2) is 0 Å². The number of hydrogen-bond donors (Lipinski definition) is 2. The van der Waals surface area contributed by atoms with Crippen molar-refractivity contribution in [3.05, 3.63) is 0 Å². The van der Waals surface area contributed by atoms with Crippen LogP contribution in [0.3, 0.4) is 0 Å². The zero-order chi connectivity index (χ0) is 13.2. The van der Waals surface area contributed by atoms with Crippen molar-refractivity contribution in [2.45, 2.75) is 57.3 Å². The maximum absolute atomic E-state index is 10.8. The summed E-state index contributed by atoms with van der Waals surface area (Å²) in [6.45, 7) is 14.2. The minimum atomic E-state index is -3.80. The lowest BCUT2D eigenvalue weighted by molar-refractivity contribution is 0.371. The molecule has 0 aromatic carbocycles. The second-order valence-electron chi connectivity index (χ2n) is 6.82. The maximum Gasteiger partial charge on any atom is 0.325 e. The molecule has 2 N–H and O–H groups in total. The SMILES string of the molecule is C[Si](C)(C)C(CCCP(=O)(O)O)[Si](C)(C)C. The van der Waals surface area contributed by atoms with Gasteiger partial charge in [0.15, 0.2) is 0 Å². The van der Waals surface area contributed by atoms with E-state index in [4.69, 9.17) is 9.79 Å². The van der Waals surface area contributed by atoms with Crippen molar-refractivity contribution in [3.63, 3.8) is 0 Å². The predicted molar refractivity (Wildman–Crippen MR) is 76.6 cm³/mol. The summed E-state index contributed by atoms with van der Waals surface area (Å²) in [6.07, 6.45) is 1.72. The van der Waals surface area contributed by atoms with Crippen molar-refractivity contribution in [2.24, 2.45) is 0 Å². The van der Waals surface area contributed by atoms with Crippen LogP contribution >= 0.6 is 7.60 Å². The molecule has 0 amide bonds. The topological polar surface area (TPSA) is 57.5 Å². The van der Waals surface area contributed by atoms with E-state index in [9.17, 15) is 4.57 Å². The van der Waals surface area contributed by atoms with Gasteiger partial charge in [0.25, 0.3) is 0 Å². The van der Waals surface area contributed by atoms with E-state index >= 15 is 0 Å². The van der Waals surface area contributed by atoms with Gasteiger partial charge in [-0.05, 0) is 6.42 Å². The zero-order valence-electron chi connectivity index (χ0n) is 11.4. The Labute approximate surface area is 102 Å². The molecule has 0 atom stereocenters. The maximum atomic E-state index is 10.8. The summed E-state index contributed by atoms with van der Waals surface area (Å²) >= 11 is 0. The van der Waals surface area contributed by atoms with Crippen molar-refractivity contribution < 1.29 is 14.4 Å². The molecule has 0 aliphatic rings. The van der Waals surface area contributed by atoms with Gasteiger partial charge >= 0.3 is 7.60 Å². The molecule has 0 heterocycles. The first-order valence-corrected chi connectivity index (χ1v) is 14.8. The molecule has 16 heavy (non-hydrogen) atoms. The van der Waals surface area contributed by atoms with E-state index in [1.54, 1.807) is 0 Å². The molecule has 0 aliphatic heterocycles. The van der Waals surface area contributed by atoms with Crippen LogP contribution in [0.1, 0.15) is 12.8 Å². The molecule has 0 saturated carbocycles.